The minimum Gasteiger partial charge on any atom is -0.454 e. The first-order valence-corrected chi connectivity index (χ1v) is 9.97. The first kappa shape index (κ1) is 18.9. The Morgan fingerprint density at radius 2 is 2.14 bits per heavy atom. The van der Waals surface area contributed by atoms with Gasteiger partial charge >= 0.3 is 0 Å². The number of aromatic nitrogens is 2. The molecule has 146 valence electrons. The average Bonchev–Trinajstić information content (AvgIpc) is 3.28. The Morgan fingerprint density at radius 3 is 3.00 bits per heavy atom. The number of thioether (sulfide) groups is 1. The van der Waals surface area contributed by atoms with Crippen molar-refractivity contribution in [3.63, 3.8) is 0 Å². The second-order valence-corrected chi connectivity index (χ2v) is 7.46. The minimum atomic E-state index is -0.132. The number of halogens is 1. The normalized spacial score (nSPS) is 12.5. The van der Waals surface area contributed by atoms with Gasteiger partial charge in [0.15, 0.2) is 16.7 Å². The van der Waals surface area contributed by atoms with Crippen molar-refractivity contribution in [1.29, 1.82) is 0 Å². The van der Waals surface area contributed by atoms with E-state index in [2.05, 4.69) is 10.3 Å². The van der Waals surface area contributed by atoms with Gasteiger partial charge in [-0.3, -0.25) is 4.79 Å². The van der Waals surface area contributed by atoms with Gasteiger partial charge in [0.2, 0.25) is 12.7 Å². The molecule has 0 unspecified atom stereocenters. The summed E-state index contributed by atoms with van der Waals surface area (Å²) in [7, 11) is 1.65. The highest BCUT2D eigenvalue weighted by atomic mass is 35.5. The zero-order valence-corrected chi connectivity index (χ0v) is 16.7. The molecule has 3 aromatic rings. The van der Waals surface area contributed by atoms with Crippen LogP contribution in [0.2, 0.25) is 5.02 Å². The Hall–Kier alpha value is -2.42. The van der Waals surface area contributed by atoms with Gasteiger partial charge in [0.1, 0.15) is 0 Å². The molecule has 0 spiro atoms. The quantitative estimate of drug-likeness (QED) is 0.587. The van der Waals surface area contributed by atoms with Gasteiger partial charge in [-0.15, -0.1) is 0 Å². The van der Waals surface area contributed by atoms with Gasteiger partial charge in [0.05, 0.1) is 23.4 Å². The third-order valence-electron chi connectivity index (χ3n) is 4.18. The Kier molecular flexibility index (Phi) is 5.61. The fourth-order valence-electron chi connectivity index (χ4n) is 2.89. The third-order valence-corrected chi connectivity index (χ3v) is 5.39. The van der Waals surface area contributed by atoms with E-state index >= 15 is 0 Å². The van der Waals surface area contributed by atoms with E-state index in [-0.39, 0.29) is 18.5 Å². The molecule has 1 aliphatic rings. The number of imidazole rings is 1. The first-order valence-electron chi connectivity index (χ1n) is 8.61. The zero-order valence-electron chi connectivity index (χ0n) is 15.1. The molecule has 0 saturated carbocycles. The predicted molar refractivity (Wildman–Crippen MR) is 109 cm³/mol. The molecule has 0 bridgehead atoms. The smallest absolute Gasteiger partial charge is 0.234 e. The number of rotatable bonds is 7. The highest BCUT2D eigenvalue weighted by molar-refractivity contribution is 7.99. The van der Waals surface area contributed by atoms with Crippen LogP contribution in [0.15, 0.2) is 41.6 Å². The standard InChI is InChI=1S/C19H18ClN3O4S/c1-25-7-6-23-15-4-2-12(20)8-14(15)22-19(23)28-10-18(24)21-13-3-5-16-17(9-13)27-11-26-16/h2-5,8-9H,6-7,10-11H2,1H3,(H,21,24). The molecule has 2 aromatic carbocycles. The molecule has 1 N–H and O–H groups in total. The molecule has 4 rings (SSSR count). The summed E-state index contributed by atoms with van der Waals surface area (Å²) in [5.74, 6) is 1.40. The second-order valence-electron chi connectivity index (χ2n) is 6.08. The lowest BCUT2D eigenvalue weighted by molar-refractivity contribution is -0.113. The zero-order chi connectivity index (χ0) is 19.5. The van der Waals surface area contributed by atoms with Crippen LogP contribution >= 0.6 is 23.4 Å². The van der Waals surface area contributed by atoms with E-state index in [4.69, 9.17) is 25.8 Å². The van der Waals surface area contributed by atoms with Gasteiger partial charge in [-0.1, -0.05) is 23.4 Å². The summed E-state index contributed by atoms with van der Waals surface area (Å²) in [5, 5.41) is 4.24. The third kappa shape index (κ3) is 4.04. The van der Waals surface area contributed by atoms with Crippen LogP contribution in [-0.2, 0) is 16.1 Å². The van der Waals surface area contributed by atoms with E-state index < -0.39 is 0 Å². The van der Waals surface area contributed by atoms with Gasteiger partial charge in [-0.2, -0.15) is 0 Å². The fraction of sp³-hybridized carbons (Fsp3) is 0.263. The molecule has 0 fully saturated rings. The van der Waals surface area contributed by atoms with Crippen molar-refractivity contribution in [2.75, 3.05) is 31.6 Å². The Balaban J connectivity index is 1.46. The maximum Gasteiger partial charge on any atom is 0.234 e. The fourth-order valence-corrected chi connectivity index (χ4v) is 3.90. The number of nitrogens with one attached hydrogen (secondary N) is 1. The summed E-state index contributed by atoms with van der Waals surface area (Å²) in [5.41, 5.74) is 2.41. The van der Waals surface area contributed by atoms with E-state index in [0.29, 0.717) is 35.4 Å². The van der Waals surface area contributed by atoms with Gasteiger partial charge in [0.25, 0.3) is 0 Å². The Labute approximate surface area is 170 Å². The predicted octanol–water partition coefficient (Wildman–Crippen LogP) is 3.80. The van der Waals surface area contributed by atoms with Crippen LogP contribution in [0.25, 0.3) is 11.0 Å². The van der Waals surface area contributed by atoms with Crippen LogP contribution in [0.3, 0.4) is 0 Å². The molecule has 0 radical (unpaired) electrons. The van der Waals surface area contributed by atoms with Crippen LogP contribution in [0.5, 0.6) is 11.5 Å². The largest absolute Gasteiger partial charge is 0.454 e. The number of carbonyl (C=O) groups is 1. The van der Waals surface area contributed by atoms with Gasteiger partial charge in [-0.05, 0) is 30.3 Å². The van der Waals surface area contributed by atoms with E-state index in [1.54, 1.807) is 25.3 Å². The molecule has 1 aromatic heterocycles. The monoisotopic (exact) mass is 419 g/mol. The van der Waals surface area contributed by atoms with Gasteiger partial charge < -0.3 is 24.1 Å². The van der Waals surface area contributed by atoms with Crippen molar-refractivity contribution in [2.24, 2.45) is 0 Å². The van der Waals surface area contributed by atoms with Crippen molar-refractivity contribution < 1.29 is 19.0 Å². The van der Waals surface area contributed by atoms with Gasteiger partial charge in [-0.25, -0.2) is 4.98 Å². The van der Waals surface area contributed by atoms with E-state index in [1.807, 2.05) is 22.8 Å². The number of hydrogen-bond donors (Lipinski definition) is 1. The van der Waals surface area contributed by atoms with Crippen LogP contribution in [0, 0.1) is 0 Å². The molecule has 2 heterocycles. The average molecular weight is 420 g/mol. The topological polar surface area (TPSA) is 74.6 Å². The maximum absolute atomic E-state index is 12.4. The lowest BCUT2D eigenvalue weighted by Gasteiger charge is -2.09. The van der Waals surface area contributed by atoms with Crippen molar-refractivity contribution in [1.82, 2.24) is 9.55 Å². The lowest BCUT2D eigenvalue weighted by atomic mass is 10.3. The number of benzene rings is 2. The number of anilines is 1. The summed E-state index contributed by atoms with van der Waals surface area (Å²) in [4.78, 5) is 17.0. The Morgan fingerprint density at radius 1 is 1.29 bits per heavy atom. The highest BCUT2D eigenvalue weighted by Gasteiger charge is 2.16. The summed E-state index contributed by atoms with van der Waals surface area (Å²) >= 11 is 7.45. The molecule has 7 nitrogen and oxygen atoms in total. The van der Waals surface area contributed by atoms with Crippen LogP contribution in [0.4, 0.5) is 5.69 Å². The number of fused-ring (bicyclic) bond motifs is 2. The number of carbonyl (C=O) groups excluding carboxylic acids is 1. The number of methoxy groups -OCH3 is 1. The van der Waals surface area contributed by atoms with E-state index in [0.717, 1.165) is 16.2 Å². The molecule has 9 heteroatoms. The summed E-state index contributed by atoms with van der Waals surface area (Å²) < 4.78 is 17.8. The van der Waals surface area contributed by atoms with Gasteiger partial charge in [0, 0.05) is 30.4 Å². The van der Waals surface area contributed by atoms with E-state index in [1.165, 1.54) is 11.8 Å². The lowest BCUT2D eigenvalue weighted by Crippen LogP contribution is -2.15. The maximum atomic E-state index is 12.4. The van der Waals surface area contributed by atoms with Crippen LogP contribution in [-0.4, -0.2) is 41.7 Å². The summed E-state index contributed by atoms with van der Waals surface area (Å²) in [6.07, 6.45) is 0. The highest BCUT2D eigenvalue weighted by Crippen LogP contribution is 2.34. The number of ether oxygens (including phenoxy) is 3. The SMILES string of the molecule is COCCn1c(SCC(=O)Nc2ccc3c(c2)OCO3)nc2cc(Cl)ccc21. The first-order chi connectivity index (χ1) is 13.6. The number of hydrogen-bond acceptors (Lipinski definition) is 6. The molecule has 0 atom stereocenters. The molecular formula is C19H18ClN3O4S. The molecule has 1 aliphatic heterocycles. The molecular weight excluding hydrogens is 402 g/mol. The van der Waals surface area contributed by atoms with Crippen molar-refractivity contribution in [2.45, 2.75) is 11.7 Å². The second kappa shape index (κ2) is 8.30. The van der Waals surface area contributed by atoms with Crippen molar-refractivity contribution in [3.8, 4) is 11.5 Å². The van der Waals surface area contributed by atoms with E-state index in [9.17, 15) is 4.79 Å². The number of amides is 1. The number of nitrogens with zero attached hydrogens (tertiary/aromatic N) is 2. The summed E-state index contributed by atoms with van der Waals surface area (Å²) in [6.45, 7) is 1.38. The molecule has 0 aliphatic carbocycles. The molecule has 0 saturated heterocycles. The minimum absolute atomic E-state index is 0.132. The molecule has 28 heavy (non-hydrogen) atoms. The van der Waals surface area contributed by atoms with Crippen molar-refractivity contribution >= 4 is 46.0 Å². The van der Waals surface area contributed by atoms with Crippen molar-refractivity contribution in [3.05, 3.63) is 41.4 Å². The van der Waals surface area contributed by atoms with Crippen LogP contribution < -0.4 is 14.8 Å². The van der Waals surface area contributed by atoms with Crippen LogP contribution in [0.1, 0.15) is 0 Å². The Bertz CT molecular complexity index is 1020. The molecule has 1 amide bonds. The summed E-state index contributed by atoms with van der Waals surface area (Å²) in [6, 6.07) is 10.9.